The number of ether oxygens (including phenoxy) is 1. The molecule has 1 unspecified atom stereocenters. The van der Waals surface area contributed by atoms with Crippen LogP contribution in [0.3, 0.4) is 0 Å². The van der Waals surface area contributed by atoms with Gasteiger partial charge in [0.05, 0.1) is 18.2 Å². The summed E-state index contributed by atoms with van der Waals surface area (Å²) in [5.74, 6) is 1.44. The van der Waals surface area contributed by atoms with Crippen LogP contribution < -0.4 is 15.4 Å². The second kappa shape index (κ2) is 10.0. The fourth-order valence-corrected chi connectivity index (χ4v) is 3.14. The molecule has 2 heterocycles. The Bertz CT molecular complexity index is 926. The number of aromatic nitrogens is 2. The summed E-state index contributed by atoms with van der Waals surface area (Å²) in [4.78, 5) is 16.5. The number of halogens is 1. The van der Waals surface area contributed by atoms with Crippen molar-refractivity contribution in [2.24, 2.45) is 0 Å². The van der Waals surface area contributed by atoms with Crippen LogP contribution >= 0.6 is 12.4 Å². The molecule has 7 nitrogen and oxygen atoms in total. The third kappa shape index (κ3) is 5.34. The van der Waals surface area contributed by atoms with Crippen molar-refractivity contribution >= 4 is 18.3 Å². The van der Waals surface area contributed by atoms with E-state index in [4.69, 9.17) is 9.26 Å². The molecule has 0 saturated carbocycles. The zero-order chi connectivity index (χ0) is 19.2. The first-order chi connectivity index (χ1) is 13.8. The Kier molecular flexibility index (Phi) is 7.21. The lowest BCUT2D eigenvalue weighted by atomic mass is 10.2. The normalized spacial score (nSPS) is 15.5. The SMILES string of the molecule is Cl.O=C(NCc1nc(-c2ccccc2OCc2ccccc2)no1)C1CCCN1. The van der Waals surface area contributed by atoms with Crippen LogP contribution in [0, 0.1) is 0 Å². The van der Waals surface area contributed by atoms with E-state index < -0.39 is 0 Å². The van der Waals surface area contributed by atoms with Crippen LogP contribution in [-0.4, -0.2) is 28.6 Å². The van der Waals surface area contributed by atoms with Gasteiger partial charge in [0.15, 0.2) is 0 Å². The molecule has 1 aliphatic heterocycles. The number of carbonyl (C=O) groups excluding carboxylic acids is 1. The molecule has 0 radical (unpaired) electrons. The fraction of sp³-hybridized carbons (Fsp3) is 0.286. The summed E-state index contributed by atoms with van der Waals surface area (Å²) in [6.07, 6.45) is 1.87. The number of hydrogen-bond acceptors (Lipinski definition) is 6. The predicted octanol–water partition coefficient (Wildman–Crippen LogP) is 3.11. The fourth-order valence-electron chi connectivity index (χ4n) is 3.14. The van der Waals surface area contributed by atoms with Crippen molar-refractivity contribution in [3.8, 4) is 17.1 Å². The van der Waals surface area contributed by atoms with Crippen molar-refractivity contribution < 1.29 is 14.1 Å². The summed E-state index contributed by atoms with van der Waals surface area (Å²) in [5, 5.41) is 10.0. The first-order valence-electron chi connectivity index (χ1n) is 9.39. The predicted molar refractivity (Wildman–Crippen MR) is 111 cm³/mol. The van der Waals surface area contributed by atoms with Crippen LogP contribution in [-0.2, 0) is 17.9 Å². The molecular weight excluding hydrogens is 392 g/mol. The first-order valence-corrected chi connectivity index (χ1v) is 9.39. The van der Waals surface area contributed by atoms with Crippen molar-refractivity contribution in [2.75, 3.05) is 6.54 Å². The number of rotatable bonds is 7. The van der Waals surface area contributed by atoms with E-state index in [9.17, 15) is 4.79 Å². The molecule has 1 aromatic heterocycles. The Balaban J connectivity index is 0.00000240. The largest absolute Gasteiger partial charge is 0.488 e. The van der Waals surface area contributed by atoms with Gasteiger partial charge < -0.3 is 19.9 Å². The van der Waals surface area contributed by atoms with Crippen LogP contribution in [0.2, 0.25) is 0 Å². The van der Waals surface area contributed by atoms with E-state index in [-0.39, 0.29) is 30.9 Å². The average Bonchev–Trinajstić information content (AvgIpc) is 3.44. The minimum absolute atomic E-state index is 0. The number of para-hydroxylation sites is 1. The van der Waals surface area contributed by atoms with Crippen molar-refractivity contribution in [1.29, 1.82) is 0 Å². The van der Waals surface area contributed by atoms with Gasteiger partial charge in [0, 0.05) is 0 Å². The summed E-state index contributed by atoms with van der Waals surface area (Å²) < 4.78 is 11.3. The minimum atomic E-state index is -0.130. The molecule has 4 rings (SSSR count). The molecule has 1 aliphatic rings. The van der Waals surface area contributed by atoms with Gasteiger partial charge in [0.2, 0.25) is 17.6 Å². The maximum atomic E-state index is 12.1. The monoisotopic (exact) mass is 414 g/mol. The zero-order valence-electron chi connectivity index (χ0n) is 15.8. The van der Waals surface area contributed by atoms with Crippen molar-refractivity contribution in [3.63, 3.8) is 0 Å². The first kappa shape index (κ1) is 20.8. The van der Waals surface area contributed by atoms with E-state index in [0.29, 0.717) is 24.1 Å². The Labute approximate surface area is 175 Å². The smallest absolute Gasteiger partial charge is 0.246 e. The molecule has 2 N–H and O–H groups in total. The van der Waals surface area contributed by atoms with Crippen LogP contribution in [0.4, 0.5) is 0 Å². The molecule has 1 saturated heterocycles. The standard InChI is InChI=1S/C21H22N4O3.ClH/c26-21(17-10-6-12-22-17)23-13-19-24-20(25-28-19)16-9-4-5-11-18(16)27-14-15-7-2-1-3-8-15;/h1-5,7-9,11,17,22H,6,10,12-14H2,(H,23,26);1H. The highest BCUT2D eigenvalue weighted by molar-refractivity contribution is 5.85. The highest BCUT2D eigenvalue weighted by Crippen LogP contribution is 2.28. The maximum Gasteiger partial charge on any atom is 0.246 e. The van der Waals surface area contributed by atoms with Crippen LogP contribution in [0.1, 0.15) is 24.3 Å². The van der Waals surface area contributed by atoms with E-state index >= 15 is 0 Å². The van der Waals surface area contributed by atoms with Crippen molar-refractivity contribution in [1.82, 2.24) is 20.8 Å². The lowest BCUT2D eigenvalue weighted by molar-refractivity contribution is -0.123. The minimum Gasteiger partial charge on any atom is -0.488 e. The number of benzene rings is 2. The van der Waals surface area contributed by atoms with Gasteiger partial charge in [0.25, 0.3) is 0 Å². The van der Waals surface area contributed by atoms with Gasteiger partial charge in [-0.15, -0.1) is 12.4 Å². The number of amides is 1. The molecule has 3 aromatic rings. The van der Waals surface area contributed by atoms with Crippen molar-refractivity contribution in [2.45, 2.75) is 32.0 Å². The third-order valence-electron chi connectivity index (χ3n) is 4.62. The Hall–Kier alpha value is -2.90. The second-order valence-corrected chi connectivity index (χ2v) is 6.65. The Morgan fingerprint density at radius 1 is 1.17 bits per heavy atom. The van der Waals surface area contributed by atoms with Gasteiger partial charge in [0.1, 0.15) is 12.4 Å². The molecule has 0 spiro atoms. The Morgan fingerprint density at radius 3 is 2.76 bits per heavy atom. The molecule has 8 heteroatoms. The molecule has 1 amide bonds. The Morgan fingerprint density at radius 2 is 1.97 bits per heavy atom. The lowest BCUT2D eigenvalue weighted by Gasteiger charge is -2.09. The summed E-state index contributed by atoms with van der Waals surface area (Å²) in [6, 6.07) is 17.4. The highest BCUT2D eigenvalue weighted by Gasteiger charge is 2.22. The summed E-state index contributed by atoms with van der Waals surface area (Å²) in [6.45, 7) is 1.53. The number of nitrogens with one attached hydrogen (secondary N) is 2. The van der Waals surface area contributed by atoms with E-state index in [1.54, 1.807) is 0 Å². The van der Waals surface area contributed by atoms with Crippen LogP contribution in [0.5, 0.6) is 5.75 Å². The van der Waals surface area contributed by atoms with Gasteiger partial charge in [-0.05, 0) is 37.1 Å². The lowest BCUT2D eigenvalue weighted by Crippen LogP contribution is -2.40. The molecule has 29 heavy (non-hydrogen) atoms. The summed E-state index contributed by atoms with van der Waals surface area (Å²) in [5.41, 5.74) is 1.83. The van der Waals surface area contributed by atoms with E-state index in [1.165, 1.54) is 0 Å². The van der Waals surface area contributed by atoms with Crippen LogP contribution in [0.15, 0.2) is 59.1 Å². The second-order valence-electron chi connectivity index (χ2n) is 6.65. The van der Waals surface area contributed by atoms with Gasteiger partial charge >= 0.3 is 0 Å². The molecule has 0 aliphatic carbocycles. The van der Waals surface area contributed by atoms with E-state index in [1.807, 2.05) is 54.6 Å². The molecule has 2 aromatic carbocycles. The molecule has 0 bridgehead atoms. The molecule has 1 fully saturated rings. The number of carbonyl (C=O) groups is 1. The molecule has 1 atom stereocenters. The van der Waals surface area contributed by atoms with Gasteiger partial charge in [-0.2, -0.15) is 4.98 Å². The number of nitrogens with zero attached hydrogens (tertiary/aromatic N) is 2. The van der Waals surface area contributed by atoms with E-state index in [2.05, 4.69) is 20.8 Å². The topological polar surface area (TPSA) is 89.3 Å². The molecule has 152 valence electrons. The van der Waals surface area contributed by atoms with Crippen molar-refractivity contribution in [3.05, 3.63) is 66.1 Å². The van der Waals surface area contributed by atoms with Gasteiger partial charge in [-0.3, -0.25) is 4.79 Å². The third-order valence-corrected chi connectivity index (χ3v) is 4.62. The highest BCUT2D eigenvalue weighted by atomic mass is 35.5. The summed E-state index contributed by atoms with van der Waals surface area (Å²) >= 11 is 0. The van der Waals surface area contributed by atoms with Crippen LogP contribution in [0.25, 0.3) is 11.4 Å². The number of hydrogen-bond donors (Lipinski definition) is 2. The average molecular weight is 415 g/mol. The quantitative estimate of drug-likeness (QED) is 0.617. The molecular formula is C21H23ClN4O3. The zero-order valence-corrected chi connectivity index (χ0v) is 16.7. The maximum absolute atomic E-state index is 12.1. The van der Waals surface area contributed by atoms with E-state index in [0.717, 1.165) is 30.5 Å². The van der Waals surface area contributed by atoms with Gasteiger partial charge in [-0.1, -0.05) is 47.6 Å². The summed E-state index contributed by atoms with van der Waals surface area (Å²) in [7, 11) is 0. The van der Waals surface area contributed by atoms with Gasteiger partial charge in [-0.25, -0.2) is 0 Å².